The topological polar surface area (TPSA) is 40.9 Å². The second-order valence-electron chi connectivity index (χ2n) is 6.79. The Labute approximate surface area is 176 Å². The minimum absolute atomic E-state index is 0.0501. The van der Waals surface area contributed by atoms with Gasteiger partial charge >= 0.3 is 0 Å². The Bertz CT molecular complexity index is 1110. The van der Waals surface area contributed by atoms with Gasteiger partial charge in [-0.15, -0.1) is 12.6 Å². The van der Waals surface area contributed by atoms with Gasteiger partial charge in [-0.1, -0.05) is 42.0 Å². The van der Waals surface area contributed by atoms with Gasteiger partial charge in [-0.3, -0.25) is 4.79 Å². The quantitative estimate of drug-likeness (QED) is 0.340. The standard InChI is InChI=1S/C24H20ClNOS/c1-4-6-20(15(3)25)22(27)12-18-10-17-9-14(2)23(21(13-26)24(17)18)16-7-5-8-19(28)11-16/h4-11,28H,12H2,1-3H3/b6-4-,20-15-. The van der Waals surface area contributed by atoms with E-state index >= 15 is 0 Å². The van der Waals surface area contributed by atoms with Gasteiger partial charge in [0, 0.05) is 33.0 Å². The van der Waals surface area contributed by atoms with Crippen molar-refractivity contribution in [2.75, 3.05) is 0 Å². The van der Waals surface area contributed by atoms with E-state index < -0.39 is 0 Å². The highest BCUT2D eigenvalue weighted by Crippen LogP contribution is 2.43. The van der Waals surface area contributed by atoms with Crippen LogP contribution in [0.25, 0.3) is 22.8 Å². The molecule has 1 aliphatic rings. The summed E-state index contributed by atoms with van der Waals surface area (Å²) in [5, 5.41) is 10.4. The minimum Gasteiger partial charge on any atom is -0.294 e. The number of allylic oxidation sites excluding steroid dienone is 5. The van der Waals surface area contributed by atoms with Gasteiger partial charge in [0.15, 0.2) is 5.78 Å². The van der Waals surface area contributed by atoms with E-state index in [4.69, 9.17) is 11.6 Å². The summed E-state index contributed by atoms with van der Waals surface area (Å²) < 4.78 is 0. The number of carbonyl (C=O) groups is 1. The zero-order valence-electron chi connectivity index (χ0n) is 16.0. The molecule has 2 aromatic carbocycles. The number of benzene rings is 2. The summed E-state index contributed by atoms with van der Waals surface area (Å²) in [5.41, 5.74) is 6.74. The maximum atomic E-state index is 12.7. The molecule has 0 aliphatic heterocycles. The van der Waals surface area contributed by atoms with Crippen LogP contribution in [0.15, 0.2) is 58.0 Å². The van der Waals surface area contributed by atoms with E-state index in [-0.39, 0.29) is 12.2 Å². The minimum atomic E-state index is -0.0501. The van der Waals surface area contributed by atoms with Gasteiger partial charge in [0.25, 0.3) is 0 Å². The first-order valence-electron chi connectivity index (χ1n) is 8.97. The molecule has 0 atom stereocenters. The van der Waals surface area contributed by atoms with Crippen LogP contribution in [0.3, 0.4) is 0 Å². The van der Waals surface area contributed by atoms with E-state index in [0.29, 0.717) is 16.2 Å². The third kappa shape index (κ3) is 3.71. The molecule has 0 saturated heterocycles. The highest BCUT2D eigenvalue weighted by atomic mass is 35.5. The largest absolute Gasteiger partial charge is 0.294 e. The molecule has 1 aliphatic carbocycles. The number of nitriles is 1. The van der Waals surface area contributed by atoms with Crippen LogP contribution in [0.5, 0.6) is 0 Å². The molecule has 0 spiro atoms. The number of hydrogen-bond donors (Lipinski definition) is 1. The van der Waals surface area contributed by atoms with E-state index in [1.54, 1.807) is 19.1 Å². The van der Waals surface area contributed by atoms with Gasteiger partial charge in [0.05, 0.1) is 5.56 Å². The predicted molar refractivity (Wildman–Crippen MR) is 119 cm³/mol. The third-order valence-corrected chi connectivity index (χ3v) is 5.29. The number of hydrogen-bond acceptors (Lipinski definition) is 3. The monoisotopic (exact) mass is 405 g/mol. The molecule has 0 amide bonds. The zero-order valence-corrected chi connectivity index (χ0v) is 17.7. The van der Waals surface area contributed by atoms with Crippen molar-refractivity contribution in [3.63, 3.8) is 0 Å². The summed E-state index contributed by atoms with van der Waals surface area (Å²) in [6.07, 6.45) is 5.74. The maximum absolute atomic E-state index is 12.7. The molecule has 0 radical (unpaired) electrons. The van der Waals surface area contributed by atoms with E-state index in [9.17, 15) is 10.1 Å². The van der Waals surface area contributed by atoms with Crippen molar-refractivity contribution < 1.29 is 4.79 Å². The first kappa shape index (κ1) is 20.2. The number of halogens is 1. The van der Waals surface area contributed by atoms with Crippen LogP contribution in [0.4, 0.5) is 0 Å². The van der Waals surface area contributed by atoms with Crippen LogP contribution in [-0.2, 0) is 4.79 Å². The van der Waals surface area contributed by atoms with Crippen molar-refractivity contribution in [2.45, 2.75) is 32.1 Å². The third-order valence-electron chi connectivity index (χ3n) is 4.81. The number of ketones is 1. The fraction of sp³-hybridized carbons (Fsp3) is 0.167. The van der Waals surface area contributed by atoms with Crippen LogP contribution >= 0.6 is 24.2 Å². The Morgan fingerprint density at radius 1 is 1.29 bits per heavy atom. The molecule has 140 valence electrons. The van der Waals surface area contributed by atoms with Crippen molar-refractivity contribution in [3.05, 3.63) is 75.3 Å². The number of carbonyl (C=O) groups excluding carboxylic acids is 1. The molecule has 0 N–H and O–H groups in total. The molecule has 0 fully saturated rings. The molecule has 0 aromatic heterocycles. The molecule has 0 unspecified atom stereocenters. The zero-order chi connectivity index (χ0) is 20.4. The molecule has 2 nitrogen and oxygen atoms in total. The smallest absolute Gasteiger partial charge is 0.168 e. The highest BCUT2D eigenvalue weighted by Gasteiger charge is 2.27. The van der Waals surface area contributed by atoms with Gasteiger partial charge in [-0.05, 0) is 61.2 Å². The molecule has 3 rings (SSSR count). The van der Waals surface area contributed by atoms with Crippen molar-refractivity contribution in [3.8, 4) is 17.2 Å². The summed E-state index contributed by atoms with van der Waals surface area (Å²) in [7, 11) is 0. The van der Waals surface area contributed by atoms with Crippen molar-refractivity contribution in [1.82, 2.24) is 0 Å². The molecular formula is C24H20ClNOS. The van der Waals surface area contributed by atoms with Gasteiger partial charge in [-0.2, -0.15) is 5.26 Å². The highest BCUT2D eigenvalue weighted by molar-refractivity contribution is 7.80. The van der Waals surface area contributed by atoms with Gasteiger partial charge in [0.2, 0.25) is 0 Å². The SMILES string of the molecule is C/C=C\C(C(=O)CC1=Cc2cc(C)c(-c3cccc(S)c3)c(C#N)c21)=C(/C)Cl. The normalized spacial score (nSPS) is 13.4. The number of nitrogens with zero attached hydrogens (tertiary/aromatic N) is 1. The van der Waals surface area contributed by atoms with Crippen molar-refractivity contribution in [2.24, 2.45) is 0 Å². The predicted octanol–water partition coefficient (Wildman–Crippen LogP) is 6.72. The number of rotatable bonds is 5. The Morgan fingerprint density at radius 2 is 2.04 bits per heavy atom. The van der Waals surface area contributed by atoms with Crippen LogP contribution in [0, 0.1) is 18.3 Å². The average Bonchev–Trinajstić information content (AvgIpc) is 2.63. The summed E-state index contributed by atoms with van der Waals surface area (Å²) in [6.45, 7) is 5.57. The summed E-state index contributed by atoms with van der Waals surface area (Å²) in [5.74, 6) is -0.0501. The van der Waals surface area contributed by atoms with E-state index in [0.717, 1.165) is 38.3 Å². The Hall–Kier alpha value is -2.54. The second-order valence-corrected chi connectivity index (χ2v) is 7.87. The Balaban J connectivity index is 2.04. The summed E-state index contributed by atoms with van der Waals surface area (Å²) >= 11 is 10.5. The van der Waals surface area contributed by atoms with Gasteiger partial charge in [-0.25, -0.2) is 0 Å². The molecule has 28 heavy (non-hydrogen) atoms. The molecule has 0 heterocycles. The fourth-order valence-electron chi connectivity index (χ4n) is 3.61. The fourth-order valence-corrected chi connectivity index (χ4v) is 4.00. The molecular weight excluding hydrogens is 386 g/mol. The average molecular weight is 406 g/mol. The molecule has 2 aromatic rings. The first-order chi connectivity index (χ1) is 13.4. The van der Waals surface area contributed by atoms with Gasteiger partial charge < -0.3 is 0 Å². The molecule has 4 heteroatoms. The lowest BCUT2D eigenvalue weighted by Gasteiger charge is -2.25. The summed E-state index contributed by atoms with van der Waals surface area (Å²) in [4.78, 5) is 13.6. The van der Waals surface area contributed by atoms with Crippen molar-refractivity contribution in [1.29, 1.82) is 5.26 Å². The van der Waals surface area contributed by atoms with Crippen LogP contribution in [0.2, 0.25) is 0 Å². The van der Waals surface area contributed by atoms with Crippen LogP contribution in [0.1, 0.15) is 42.5 Å². The number of aryl methyl sites for hydroxylation is 1. The maximum Gasteiger partial charge on any atom is 0.168 e. The summed E-state index contributed by atoms with van der Waals surface area (Å²) in [6, 6.07) is 12.2. The van der Waals surface area contributed by atoms with Crippen molar-refractivity contribution >= 4 is 41.7 Å². The lowest BCUT2D eigenvalue weighted by Crippen LogP contribution is -2.11. The number of Topliss-reactive ketones (excluding diaryl/α,β-unsaturated/α-hetero) is 1. The molecule has 0 bridgehead atoms. The van der Waals surface area contributed by atoms with Crippen LogP contribution < -0.4 is 0 Å². The second kappa shape index (κ2) is 8.22. The van der Waals surface area contributed by atoms with E-state index in [1.807, 2.05) is 44.2 Å². The lowest BCUT2D eigenvalue weighted by atomic mass is 9.77. The number of fused-ring (bicyclic) bond motifs is 1. The van der Waals surface area contributed by atoms with E-state index in [2.05, 4.69) is 24.8 Å². The Kier molecular flexibility index (Phi) is 5.93. The number of thiol groups is 1. The van der Waals surface area contributed by atoms with E-state index in [1.165, 1.54) is 0 Å². The lowest BCUT2D eigenvalue weighted by molar-refractivity contribution is -0.114. The first-order valence-corrected chi connectivity index (χ1v) is 9.80. The van der Waals surface area contributed by atoms with Crippen LogP contribution in [-0.4, -0.2) is 5.78 Å². The Morgan fingerprint density at radius 3 is 2.64 bits per heavy atom. The molecule has 0 saturated carbocycles. The van der Waals surface area contributed by atoms with Gasteiger partial charge in [0.1, 0.15) is 6.07 Å².